The molecule has 0 saturated carbocycles. The van der Waals surface area contributed by atoms with Crippen molar-refractivity contribution in [1.82, 2.24) is 5.32 Å². The fourth-order valence-corrected chi connectivity index (χ4v) is 6.55. The van der Waals surface area contributed by atoms with Crippen LogP contribution < -0.4 is 16.0 Å². The van der Waals surface area contributed by atoms with E-state index in [1.54, 1.807) is 91.0 Å². The quantitative estimate of drug-likeness (QED) is 0.0906. The number of carbonyl (C=O) groups excluding carboxylic acids is 3. The minimum absolute atomic E-state index is 0.0174. The number of benzene rings is 6. The smallest absolute Gasteiger partial charge is 0.323 e. The van der Waals surface area contributed by atoms with Crippen LogP contribution in [0.25, 0.3) is 17.2 Å². The number of carbonyl (C=O) groups is 3. The van der Waals surface area contributed by atoms with E-state index >= 15 is 0 Å². The van der Waals surface area contributed by atoms with Gasteiger partial charge in [-0.15, -0.1) is 11.8 Å². The molecule has 0 aliphatic carbocycles. The fourth-order valence-electron chi connectivity index (χ4n) is 5.36. The zero-order chi connectivity index (χ0) is 38.1. The van der Waals surface area contributed by atoms with Gasteiger partial charge >= 0.3 is 6.18 Å². The first-order chi connectivity index (χ1) is 26.0. The van der Waals surface area contributed by atoms with Gasteiger partial charge in [-0.2, -0.15) is 13.2 Å². The summed E-state index contributed by atoms with van der Waals surface area (Å²) in [6.45, 7) is 0. The maximum atomic E-state index is 13.7. The van der Waals surface area contributed by atoms with E-state index in [4.69, 9.17) is 11.6 Å². The number of alkyl halides is 3. The van der Waals surface area contributed by atoms with Gasteiger partial charge in [0.25, 0.3) is 11.8 Å². The van der Waals surface area contributed by atoms with Gasteiger partial charge in [0, 0.05) is 16.1 Å². The molecule has 3 amide bonds. The van der Waals surface area contributed by atoms with E-state index in [2.05, 4.69) is 16.0 Å². The van der Waals surface area contributed by atoms with Crippen molar-refractivity contribution < 1.29 is 27.6 Å². The zero-order valence-corrected chi connectivity index (χ0v) is 29.9. The van der Waals surface area contributed by atoms with Crippen LogP contribution in [0.15, 0.2) is 168 Å². The molecule has 6 nitrogen and oxygen atoms in total. The molecule has 0 fully saturated rings. The van der Waals surface area contributed by atoms with E-state index in [0.717, 1.165) is 29.3 Å². The molecule has 0 spiro atoms. The molecule has 270 valence electrons. The molecule has 0 bridgehead atoms. The van der Waals surface area contributed by atoms with Crippen molar-refractivity contribution in [3.8, 4) is 11.1 Å². The Kier molecular flexibility index (Phi) is 12.0. The molecule has 0 aromatic heterocycles. The topological polar surface area (TPSA) is 87.3 Å². The second-order valence-electron chi connectivity index (χ2n) is 11.9. The first-order valence-corrected chi connectivity index (χ1v) is 17.8. The number of rotatable bonds is 11. The van der Waals surface area contributed by atoms with Gasteiger partial charge in [-0.1, -0.05) is 115 Å². The Balaban J connectivity index is 1.20. The van der Waals surface area contributed by atoms with Crippen LogP contribution in [0.2, 0.25) is 5.02 Å². The molecular formula is C43H31ClF3N3O3S. The monoisotopic (exact) mass is 761 g/mol. The lowest BCUT2D eigenvalue weighted by molar-refractivity contribution is -0.137. The Hall–Kier alpha value is -6.10. The van der Waals surface area contributed by atoms with Gasteiger partial charge in [0.15, 0.2) is 0 Å². The van der Waals surface area contributed by atoms with E-state index in [9.17, 15) is 27.6 Å². The van der Waals surface area contributed by atoms with Crippen molar-refractivity contribution >= 4 is 58.5 Å². The highest BCUT2D eigenvalue weighted by Crippen LogP contribution is 2.39. The standard InChI is InChI=1S/C43H31ClF3N3O3S/c44-36-25-20-33(43(45,46)47)27-37(36)49-42(53)39(31-12-6-2-7-13-31)54-35-23-21-34(22-24-35)48-41(52)38(50-40(51)32-14-8-3-9-15-32)26-28-16-18-30(19-17-28)29-10-4-1-5-11-29/h1-27,39H,(H,48,52)(H,49,53)(H,50,51)/b38-26-. The summed E-state index contributed by atoms with van der Waals surface area (Å²) in [7, 11) is 0. The molecular weight excluding hydrogens is 731 g/mol. The van der Waals surface area contributed by atoms with Gasteiger partial charge in [0.1, 0.15) is 10.9 Å². The third kappa shape index (κ3) is 9.86. The SMILES string of the molecule is O=C(Nc1ccc(SC(C(=O)Nc2cc(C(F)(F)F)ccc2Cl)c2ccccc2)cc1)/C(=C/c1ccc(-c2ccccc2)cc1)NC(=O)c1ccccc1. The van der Waals surface area contributed by atoms with Crippen LogP contribution in [0.3, 0.4) is 0 Å². The van der Waals surface area contributed by atoms with Gasteiger partial charge < -0.3 is 16.0 Å². The summed E-state index contributed by atoms with van der Waals surface area (Å²) in [6.07, 6.45) is -3.03. The highest BCUT2D eigenvalue weighted by molar-refractivity contribution is 8.00. The van der Waals surface area contributed by atoms with Crippen molar-refractivity contribution in [3.63, 3.8) is 0 Å². The van der Waals surface area contributed by atoms with Crippen molar-refractivity contribution in [2.24, 2.45) is 0 Å². The summed E-state index contributed by atoms with van der Waals surface area (Å²) < 4.78 is 40.2. The van der Waals surface area contributed by atoms with Gasteiger partial charge in [0.05, 0.1) is 16.3 Å². The Morgan fingerprint density at radius 3 is 1.89 bits per heavy atom. The Morgan fingerprint density at radius 2 is 1.26 bits per heavy atom. The van der Waals surface area contributed by atoms with Crippen molar-refractivity contribution in [1.29, 1.82) is 0 Å². The van der Waals surface area contributed by atoms with Crippen molar-refractivity contribution in [2.75, 3.05) is 10.6 Å². The Morgan fingerprint density at radius 1 is 0.667 bits per heavy atom. The molecule has 11 heteroatoms. The predicted octanol–water partition coefficient (Wildman–Crippen LogP) is 10.9. The summed E-state index contributed by atoms with van der Waals surface area (Å²) in [5.74, 6) is -1.60. The third-order valence-electron chi connectivity index (χ3n) is 8.12. The zero-order valence-electron chi connectivity index (χ0n) is 28.3. The van der Waals surface area contributed by atoms with Crippen LogP contribution in [0.1, 0.15) is 32.3 Å². The van der Waals surface area contributed by atoms with Gasteiger partial charge in [0.2, 0.25) is 5.91 Å². The molecule has 6 aromatic carbocycles. The number of thioether (sulfide) groups is 1. The number of hydrogen-bond acceptors (Lipinski definition) is 4. The highest BCUT2D eigenvalue weighted by Gasteiger charge is 2.32. The minimum atomic E-state index is -4.62. The lowest BCUT2D eigenvalue weighted by atomic mass is 10.0. The number of amides is 3. The highest BCUT2D eigenvalue weighted by atomic mass is 35.5. The summed E-state index contributed by atoms with van der Waals surface area (Å²) in [4.78, 5) is 41.0. The molecule has 0 aliphatic rings. The van der Waals surface area contributed by atoms with E-state index in [1.807, 2.05) is 54.6 Å². The van der Waals surface area contributed by atoms with Gasteiger partial charge in [-0.3, -0.25) is 14.4 Å². The average molecular weight is 762 g/mol. The summed E-state index contributed by atoms with van der Waals surface area (Å²) in [5, 5.41) is 7.23. The number of anilines is 2. The van der Waals surface area contributed by atoms with Crippen molar-refractivity contribution in [3.05, 3.63) is 191 Å². The van der Waals surface area contributed by atoms with E-state index in [-0.39, 0.29) is 16.4 Å². The second kappa shape index (κ2) is 17.2. The Bertz CT molecular complexity index is 2270. The first kappa shape index (κ1) is 37.7. The maximum absolute atomic E-state index is 13.7. The van der Waals surface area contributed by atoms with Crippen LogP contribution >= 0.6 is 23.4 Å². The molecule has 0 heterocycles. The number of nitrogens with one attached hydrogen (secondary N) is 3. The fraction of sp³-hybridized carbons (Fsp3) is 0.0465. The van der Waals surface area contributed by atoms with E-state index in [0.29, 0.717) is 27.3 Å². The van der Waals surface area contributed by atoms with Gasteiger partial charge in [-0.25, -0.2) is 0 Å². The molecule has 0 radical (unpaired) electrons. The molecule has 0 saturated heterocycles. The van der Waals surface area contributed by atoms with E-state index in [1.165, 1.54) is 11.8 Å². The predicted molar refractivity (Wildman–Crippen MR) is 209 cm³/mol. The lowest BCUT2D eigenvalue weighted by Gasteiger charge is -2.19. The molecule has 6 rings (SSSR count). The second-order valence-corrected chi connectivity index (χ2v) is 13.5. The number of hydrogen-bond donors (Lipinski definition) is 3. The molecule has 1 unspecified atom stereocenters. The van der Waals surface area contributed by atoms with E-state index < -0.39 is 34.7 Å². The lowest BCUT2D eigenvalue weighted by Crippen LogP contribution is -2.30. The average Bonchev–Trinajstić information content (AvgIpc) is 3.19. The molecule has 3 N–H and O–H groups in total. The molecule has 1 atom stereocenters. The van der Waals surface area contributed by atoms with Crippen molar-refractivity contribution in [2.45, 2.75) is 16.3 Å². The van der Waals surface area contributed by atoms with Gasteiger partial charge in [-0.05, 0) is 82.9 Å². The summed E-state index contributed by atoms with van der Waals surface area (Å²) in [5.41, 5.74) is 3.05. The molecule has 0 aliphatic heterocycles. The summed E-state index contributed by atoms with van der Waals surface area (Å²) >= 11 is 7.33. The maximum Gasteiger partial charge on any atom is 0.416 e. The summed E-state index contributed by atoms with van der Waals surface area (Å²) in [6, 6.07) is 44.2. The normalized spacial score (nSPS) is 12.0. The Labute approximate surface area is 319 Å². The minimum Gasteiger partial charge on any atom is -0.323 e. The molecule has 6 aromatic rings. The third-order valence-corrected chi connectivity index (χ3v) is 9.71. The van der Waals surface area contributed by atoms with Crippen LogP contribution in [-0.2, 0) is 15.8 Å². The van der Waals surface area contributed by atoms with Crippen LogP contribution in [-0.4, -0.2) is 17.7 Å². The largest absolute Gasteiger partial charge is 0.416 e. The van der Waals surface area contributed by atoms with Crippen LogP contribution in [0.5, 0.6) is 0 Å². The van der Waals surface area contributed by atoms with Crippen LogP contribution in [0.4, 0.5) is 24.5 Å². The number of halogens is 4. The molecule has 54 heavy (non-hydrogen) atoms. The van der Waals surface area contributed by atoms with Crippen LogP contribution in [0, 0.1) is 0 Å². The first-order valence-electron chi connectivity index (χ1n) is 16.6.